The van der Waals surface area contributed by atoms with Crippen LogP contribution in [0, 0.1) is 17.8 Å². The van der Waals surface area contributed by atoms with E-state index in [1.54, 1.807) is 0 Å². The number of hydrogen-bond acceptors (Lipinski definition) is 2. The molecule has 2 heteroatoms. The Morgan fingerprint density at radius 2 is 0.953 bits per heavy atom. The van der Waals surface area contributed by atoms with Crippen LogP contribution in [0.1, 0.15) is 226 Å². The maximum Gasteiger partial charge on any atom is 0.119 e. The number of rotatable bonds is 35. The van der Waals surface area contributed by atoms with Gasteiger partial charge in [-0.15, -0.1) is 0 Å². The topological polar surface area (TPSA) is 29.6 Å². The van der Waals surface area contributed by atoms with E-state index in [0.29, 0.717) is 12.2 Å². The molecule has 1 aliphatic carbocycles. The first kappa shape index (κ1) is 38.8. The Bertz CT molecular complexity index is 603. The van der Waals surface area contributed by atoms with Gasteiger partial charge in [0.25, 0.3) is 0 Å². The molecule has 0 aromatic heterocycles. The SMILES string of the molecule is CCCCCCCCCCCCCCCC[C@@H](C)[C@H]1O[C@@H]1CC[C@H]1C[C@@H]1CCCCCCCCCCCCCCCC=O. The van der Waals surface area contributed by atoms with E-state index in [2.05, 4.69) is 13.8 Å². The van der Waals surface area contributed by atoms with Crippen molar-refractivity contribution in [2.24, 2.45) is 17.8 Å². The van der Waals surface area contributed by atoms with E-state index >= 15 is 0 Å². The van der Waals surface area contributed by atoms with Gasteiger partial charge in [0.15, 0.2) is 0 Å². The Morgan fingerprint density at radius 1 is 0.535 bits per heavy atom. The van der Waals surface area contributed by atoms with Crippen molar-refractivity contribution in [2.75, 3.05) is 0 Å². The number of epoxide rings is 1. The maximum absolute atomic E-state index is 10.3. The largest absolute Gasteiger partial charge is 0.369 e. The average molecular weight is 603 g/mol. The smallest absolute Gasteiger partial charge is 0.119 e. The van der Waals surface area contributed by atoms with Gasteiger partial charge in [-0.3, -0.25) is 0 Å². The molecule has 1 aliphatic heterocycles. The molecule has 43 heavy (non-hydrogen) atoms. The second kappa shape index (κ2) is 27.9. The van der Waals surface area contributed by atoms with Crippen LogP contribution < -0.4 is 0 Å². The highest BCUT2D eigenvalue weighted by molar-refractivity contribution is 5.48. The molecule has 5 atom stereocenters. The Balaban J connectivity index is 1.25. The first-order chi connectivity index (χ1) is 21.3. The third-order valence-corrected chi connectivity index (χ3v) is 11.0. The standard InChI is InChI=1S/C41H78O2/c1-3-4-5-6-7-8-9-10-13-16-19-22-25-28-31-37(2)41-40(43-41)34-33-39-36-38(39)32-29-26-23-20-17-14-11-12-15-18-21-24-27-30-35-42/h35,37-41H,3-34,36H2,1-2H3/t37-,38+,39+,40-,41-/m1/s1. The van der Waals surface area contributed by atoms with Gasteiger partial charge in [-0.25, -0.2) is 0 Å². The van der Waals surface area contributed by atoms with Crippen LogP contribution >= 0.6 is 0 Å². The van der Waals surface area contributed by atoms with Gasteiger partial charge in [-0.1, -0.05) is 187 Å². The molecule has 2 rings (SSSR count). The number of carbonyl (C=O) groups is 1. The zero-order chi connectivity index (χ0) is 30.6. The lowest BCUT2D eigenvalue weighted by Gasteiger charge is -2.08. The van der Waals surface area contributed by atoms with Crippen LogP contribution in [0.5, 0.6) is 0 Å². The molecule has 2 nitrogen and oxygen atoms in total. The summed E-state index contributed by atoms with van der Waals surface area (Å²) in [5.41, 5.74) is 0. The van der Waals surface area contributed by atoms with Crippen LogP contribution in [0.3, 0.4) is 0 Å². The van der Waals surface area contributed by atoms with E-state index in [-0.39, 0.29) is 0 Å². The van der Waals surface area contributed by atoms with Crippen molar-refractivity contribution in [1.29, 1.82) is 0 Å². The maximum atomic E-state index is 10.3. The second-order valence-corrected chi connectivity index (χ2v) is 15.2. The molecule has 254 valence electrons. The van der Waals surface area contributed by atoms with Gasteiger partial charge in [0.2, 0.25) is 0 Å². The number of hydrogen-bond donors (Lipinski definition) is 0. The van der Waals surface area contributed by atoms with Crippen LogP contribution in [0.4, 0.5) is 0 Å². The van der Waals surface area contributed by atoms with Crippen LogP contribution in [-0.4, -0.2) is 18.5 Å². The third kappa shape index (κ3) is 22.7. The van der Waals surface area contributed by atoms with Crippen molar-refractivity contribution < 1.29 is 9.53 Å². The second-order valence-electron chi connectivity index (χ2n) is 15.2. The number of carbonyl (C=O) groups excluding carboxylic acids is 1. The van der Waals surface area contributed by atoms with E-state index in [1.807, 2.05) is 0 Å². The third-order valence-electron chi connectivity index (χ3n) is 11.0. The van der Waals surface area contributed by atoms with E-state index in [9.17, 15) is 4.79 Å². The van der Waals surface area contributed by atoms with Gasteiger partial charge in [0, 0.05) is 6.42 Å². The van der Waals surface area contributed by atoms with Gasteiger partial charge < -0.3 is 9.53 Å². The summed E-state index contributed by atoms with van der Waals surface area (Å²) in [6.07, 6.45) is 48.6. The average Bonchev–Trinajstić information content (AvgIpc) is 3.94. The summed E-state index contributed by atoms with van der Waals surface area (Å²) < 4.78 is 6.14. The van der Waals surface area contributed by atoms with Crippen molar-refractivity contribution in [3.8, 4) is 0 Å². The molecule has 0 radical (unpaired) electrons. The summed E-state index contributed by atoms with van der Waals surface area (Å²) in [7, 11) is 0. The Morgan fingerprint density at radius 3 is 1.44 bits per heavy atom. The fraction of sp³-hybridized carbons (Fsp3) is 0.976. The fourth-order valence-electron chi connectivity index (χ4n) is 7.69. The van der Waals surface area contributed by atoms with Gasteiger partial charge in [0.1, 0.15) is 6.29 Å². The molecule has 1 saturated heterocycles. The minimum absolute atomic E-state index is 0.596. The molecule has 0 unspecified atom stereocenters. The van der Waals surface area contributed by atoms with Crippen LogP contribution in [-0.2, 0) is 9.53 Å². The molecule has 0 aromatic carbocycles. The molecule has 0 amide bonds. The van der Waals surface area contributed by atoms with E-state index in [4.69, 9.17) is 4.74 Å². The lowest BCUT2D eigenvalue weighted by Crippen LogP contribution is -2.07. The van der Waals surface area contributed by atoms with E-state index in [0.717, 1.165) is 36.9 Å². The van der Waals surface area contributed by atoms with Gasteiger partial charge in [0.05, 0.1) is 12.2 Å². The predicted molar refractivity (Wildman–Crippen MR) is 189 cm³/mol. The summed E-state index contributed by atoms with van der Waals surface area (Å²) in [6.45, 7) is 4.76. The van der Waals surface area contributed by atoms with Crippen LogP contribution in [0.25, 0.3) is 0 Å². The molecule has 0 spiro atoms. The Labute approximate surface area is 271 Å². The molecule has 0 aromatic rings. The molecular formula is C41H78O2. The van der Waals surface area contributed by atoms with E-state index < -0.39 is 0 Å². The lowest BCUT2D eigenvalue weighted by atomic mass is 9.95. The molecule has 2 fully saturated rings. The number of aldehydes is 1. The highest BCUT2D eigenvalue weighted by Gasteiger charge is 2.44. The zero-order valence-corrected chi connectivity index (χ0v) is 29.6. The highest BCUT2D eigenvalue weighted by Crippen LogP contribution is 2.47. The highest BCUT2D eigenvalue weighted by atomic mass is 16.6. The predicted octanol–water partition coefficient (Wildman–Crippen LogP) is 13.7. The molecular weight excluding hydrogens is 524 g/mol. The minimum Gasteiger partial charge on any atom is -0.369 e. The molecule has 0 N–H and O–H groups in total. The van der Waals surface area contributed by atoms with Crippen molar-refractivity contribution in [2.45, 2.75) is 238 Å². The number of ether oxygens (including phenoxy) is 1. The quantitative estimate of drug-likeness (QED) is 0.0410. The summed E-state index contributed by atoms with van der Waals surface area (Å²) >= 11 is 0. The summed E-state index contributed by atoms with van der Waals surface area (Å²) in [5.74, 6) is 2.88. The summed E-state index contributed by atoms with van der Waals surface area (Å²) in [4.78, 5) is 10.3. The van der Waals surface area contributed by atoms with Gasteiger partial charge >= 0.3 is 0 Å². The molecule has 0 bridgehead atoms. The zero-order valence-electron chi connectivity index (χ0n) is 29.6. The van der Waals surface area contributed by atoms with Crippen LogP contribution in [0.2, 0.25) is 0 Å². The van der Waals surface area contributed by atoms with Crippen molar-refractivity contribution in [3.63, 3.8) is 0 Å². The van der Waals surface area contributed by atoms with E-state index in [1.165, 1.54) is 199 Å². The monoisotopic (exact) mass is 603 g/mol. The Hall–Kier alpha value is -0.370. The minimum atomic E-state index is 0.596. The lowest BCUT2D eigenvalue weighted by molar-refractivity contribution is -0.107. The fourth-order valence-corrected chi connectivity index (χ4v) is 7.69. The van der Waals surface area contributed by atoms with Gasteiger partial charge in [-0.05, 0) is 49.9 Å². The number of unbranched alkanes of at least 4 members (excludes halogenated alkanes) is 26. The first-order valence-corrected chi connectivity index (χ1v) is 20.3. The van der Waals surface area contributed by atoms with Crippen LogP contribution in [0.15, 0.2) is 0 Å². The summed E-state index contributed by atoms with van der Waals surface area (Å²) in [6, 6.07) is 0. The van der Waals surface area contributed by atoms with Gasteiger partial charge in [-0.2, -0.15) is 0 Å². The van der Waals surface area contributed by atoms with Crippen molar-refractivity contribution >= 4 is 6.29 Å². The van der Waals surface area contributed by atoms with Crippen molar-refractivity contribution in [1.82, 2.24) is 0 Å². The Kier molecular flexibility index (Phi) is 25.2. The molecule has 1 heterocycles. The first-order valence-electron chi connectivity index (χ1n) is 20.3. The molecule has 1 saturated carbocycles. The summed E-state index contributed by atoms with van der Waals surface area (Å²) in [5, 5.41) is 0. The normalized spacial score (nSPS) is 21.7. The van der Waals surface area contributed by atoms with Crippen molar-refractivity contribution in [3.05, 3.63) is 0 Å². The molecule has 2 aliphatic rings.